The van der Waals surface area contributed by atoms with Crippen LogP contribution in [0.4, 0.5) is 21.0 Å². The maximum absolute atomic E-state index is 13.3. The topological polar surface area (TPSA) is 258 Å². The van der Waals surface area contributed by atoms with E-state index in [4.69, 9.17) is 15.2 Å². The quantitative estimate of drug-likeness (QED) is 0.0266. The fourth-order valence-corrected chi connectivity index (χ4v) is 4.83. The molecule has 0 aliphatic carbocycles. The molecule has 53 heavy (non-hydrogen) atoms. The SMILES string of the molecule is CC(C)=C(NC(=O)CCCCCN1C(=O)C=CC1=O)C(=O)N[C@@H](CCCNC(N)=O)C(=O)Nc1ccc(COC(=O)Oc2ccc([N+](=O)[O-])cc2)cc1. The van der Waals surface area contributed by atoms with Crippen molar-refractivity contribution in [3.8, 4) is 5.75 Å². The van der Waals surface area contributed by atoms with Crippen LogP contribution in [0, 0.1) is 10.1 Å². The van der Waals surface area contributed by atoms with Crippen LogP contribution in [0.25, 0.3) is 0 Å². The van der Waals surface area contributed by atoms with Crippen LogP contribution in [0.5, 0.6) is 5.75 Å². The van der Waals surface area contributed by atoms with Crippen molar-refractivity contribution in [3.05, 3.63) is 87.6 Å². The third-order valence-electron chi connectivity index (χ3n) is 7.60. The lowest BCUT2D eigenvalue weighted by Crippen LogP contribution is -2.47. The molecule has 0 fully saturated rings. The number of anilines is 1. The fourth-order valence-electron chi connectivity index (χ4n) is 4.83. The number of nitrogens with zero attached hydrogens (tertiary/aromatic N) is 2. The molecule has 0 unspecified atom stereocenters. The number of non-ortho nitro benzene ring substituents is 1. The molecule has 0 aromatic heterocycles. The monoisotopic (exact) mass is 735 g/mol. The summed E-state index contributed by atoms with van der Waals surface area (Å²) < 4.78 is 10.1. The molecule has 1 aliphatic heterocycles. The predicted molar refractivity (Wildman–Crippen MR) is 189 cm³/mol. The number of urea groups is 1. The second-order valence-electron chi connectivity index (χ2n) is 11.9. The van der Waals surface area contributed by atoms with E-state index in [0.717, 1.165) is 4.90 Å². The molecule has 18 nitrogen and oxygen atoms in total. The Labute approximate surface area is 304 Å². The maximum Gasteiger partial charge on any atom is 0.514 e. The molecule has 3 rings (SSSR count). The zero-order chi connectivity index (χ0) is 38.9. The van der Waals surface area contributed by atoms with E-state index in [2.05, 4.69) is 21.3 Å². The van der Waals surface area contributed by atoms with Gasteiger partial charge in [-0.25, -0.2) is 9.59 Å². The Hall–Kier alpha value is -6.59. The summed E-state index contributed by atoms with van der Waals surface area (Å²) in [5.41, 5.74) is 6.32. The number of allylic oxidation sites excluding steroid dienone is 1. The summed E-state index contributed by atoms with van der Waals surface area (Å²) in [6, 6.07) is 9.29. The number of nitro benzene ring substituents is 1. The van der Waals surface area contributed by atoms with E-state index < -0.39 is 40.9 Å². The largest absolute Gasteiger partial charge is 0.514 e. The number of unbranched alkanes of at least 4 members (excludes halogenated alkanes) is 2. The Morgan fingerprint density at radius 1 is 0.906 bits per heavy atom. The molecule has 1 atom stereocenters. The number of carbonyl (C=O) groups excluding carboxylic acids is 7. The lowest BCUT2D eigenvalue weighted by Gasteiger charge is -2.20. The van der Waals surface area contributed by atoms with E-state index in [9.17, 15) is 43.7 Å². The van der Waals surface area contributed by atoms with Gasteiger partial charge in [-0.2, -0.15) is 0 Å². The van der Waals surface area contributed by atoms with Gasteiger partial charge in [0.25, 0.3) is 23.4 Å². The van der Waals surface area contributed by atoms with Gasteiger partial charge < -0.3 is 36.5 Å². The summed E-state index contributed by atoms with van der Waals surface area (Å²) in [4.78, 5) is 97.2. The van der Waals surface area contributed by atoms with Crippen molar-refractivity contribution in [2.75, 3.05) is 18.4 Å². The summed E-state index contributed by atoms with van der Waals surface area (Å²) in [7, 11) is 0. The van der Waals surface area contributed by atoms with Crippen molar-refractivity contribution < 1.29 is 48.0 Å². The highest BCUT2D eigenvalue weighted by atomic mass is 16.7. The lowest BCUT2D eigenvalue weighted by molar-refractivity contribution is -0.384. The van der Waals surface area contributed by atoms with E-state index >= 15 is 0 Å². The van der Waals surface area contributed by atoms with Gasteiger partial charge in [-0.05, 0) is 74.9 Å². The number of ether oxygens (including phenoxy) is 2. The normalized spacial score (nSPS) is 12.4. The Kier molecular flexibility index (Phi) is 15.6. The highest BCUT2D eigenvalue weighted by Crippen LogP contribution is 2.18. The Morgan fingerprint density at radius 2 is 1.57 bits per heavy atom. The number of imide groups is 1. The van der Waals surface area contributed by atoms with Crippen LogP contribution < -0.4 is 31.7 Å². The Bertz CT molecular complexity index is 1730. The fraction of sp³-hybridized carbons (Fsp3) is 0.343. The standard InChI is InChI=1S/C35H41N7O11/c1-22(2)31(40-28(43)8-4-3-5-20-41-29(44)17-18-30(41)45)33(47)39-27(7-6-19-37-34(36)48)32(46)38-24-11-9-23(10-12-24)21-52-35(49)53-26-15-13-25(14-16-26)42(50)51/h9-18,27H,3-8,19-21H2,1-2H3,(H,38,46)(H,39,47)(H,40,43)(H3,36,37,48)/t27-/m0/s1. The highest BCUT2D eigenvalue weighted by molar-refractivity contribution is 6.12. The number of nitro groups is 1. The average molecular weight is 736 g/mol. The van der Waals surface area contributed by atoms with Crippen molar-refractivity contribution in [2.45, 2.75) is 65.0 Å². The molecule has 282 valence electrons. The second-order valence-corrected chi connectivity index (χ2v) is 11.9. The van der Waals surface area contributed by atoms with E-state index in [1.807, 2.05) is 0 Å². The number of benzene rings is 2. The van der Waals surface area contributed by atoms with Crippen LogP contribution in [0.1, 0.15) is 57.9 Å². The predicted octanol–water partition coefficient (Wildman–Crippen LogP) is 3.08. The van der Waals surface area contributed by atoms with Crippen LogP contribution in [-0.4, -0.2) is 70.7 Å². The van der Waals surface area contributed by atoms with E-state index in [1.165, 1.54) is 36.4 Å². The molecule has 1 heterocycles. The molecular weight excluding hydrogens is 694 g/mol. The van der Waals surface area contributed by atoms with Gasteiger partial charge in [0, 0.05) is 49.5 Å². The number of nitrogens with two attached hydrogens (primary N) is 1. The molecule has 18 heteroatoms. The number of nitrogens with one attached hydrogen (secondary N) is 4. The molecule has 0 saturated carbocycles. The lowest BCUT2D eigenvalue weighted by atomic mass is 10.1. The van der Waals surface area contributed by atoms with Gasteiger partial charge in [-0.3, -0.25) is 39.0 Å². The average Bonchev–Trinajstić information content (AvgIpc) is 3.43. The van der Waals surface area contributed by atoms with Gasteiger partial charge in [-0.1, -0.05) is 18.6 Å². The summed E-state index contributed by atoms with van der Waals surface area (Å²) in [5, 5.41) is 21.2. The van der Waals surface area contributed by atoms with Gasteiger partial charge in [0.05, 0.1) is 4.92 Å². The van der Waals surface area contributed by atoms with Gasteiger partial charge >= 0.3 is 12.2 Å². The second kappa shape index (κ2) is 20.3. The molecule has 0 bridgehead atoms. The van der Waals surface area contributed by atoms with Crippen LogP contribution in [0.3, 0.4) is 0 Å². The summed E-state index contributed by atoms with van der Waals surface area (Å²) in [6.07, 6.45) is 3.36. The van der Waals surface area contributed by atoms with Crippen molar-refractivity contribution in [3.63, 3.8) is 0 Å². The third kappa shape index (κ3) is 13.9. The summed E-state index contributed by atoms with van der Waals surface area (Å²) in [5.74, 6) is -2.39. The van der Waals surface area contributed by atoms with E-state index in [1.54, 1.807) is 38.1 Å². The zero-order valence-electron chi connectivity index (χ0n) is 29.2. The molecule has 6 N–H and O–H groups in total. The van der Waals surface area contributed by atoms with Crippen LogP contribution in [-0.2, 0) is 35.3 Å². The summed E-state index contributed by atoms with van der Waals surface area (Å²) >= 11 is 0. The van der Waals surface area contributed by atoms with E-state index in [0.29, 0.717) is 36.1 Å². The van der Waals surface area contributed by atoms with Gasteiger partial charge in [0.2, 0.25) is 11.8 Å². The smallest absolute Gasteiger partial charge is 0.429 e. The minimum absolute atomic E-state index is 0.0288. The third-order valence-corrected chi connectivity index (χ3v) is 7.60. The first kappa shape index (κ1) is 40.8. The van der Waals surface area contributed by atoms with Crippen molar-refractivity contribution in [1.29, 1.82) is 0 Å². The first-order chi connectivity index (χ1) is 25.2. The number of hydrogen-bond donors (Lipinski definition) is 5. The first-order valence-corrected chi connectivity index (χ1v) is 16.6. The Balaban J connectivity index is 1.53. The van der Waals surface area contributed by atoms with Crippen molar-refractivity contribution >= 4 is 53.1 Å². The maximum atomic E-state index is 13.3. The molecule has 2 aromatic rings. The van der Waals surface area contributed by atoms with Crippen molar-refractivity contribution in [2.24, 2.45) is 5.73 Å². The van der Waals surface area contributed by atoms with Crippen molar-refractivity contribution in [1.82, 2.24) is 20.9 Å². The molecule has 0 spiro atoms. The summed E-state index contributed by atoms with van der Waals surface area (Å²) in [6.45, 7) is 3.45. The number of rotatable bonds is 19. The van der Waals surface area contributed by atoms with Crippen LogP contribution >= 0.6 is 0 Å². The molecule has 0 radical (unpaired) electrons. The number of hydrogen-bond acceptors (Lipinski definition) is 11. The number of amides is 7. The number of carbonyl (C=O) groups is 7. The van der Waals surface area contributed by atoms with Crippen LogP contribution in [0.2, 0.25) is 0 Å². The van der Waals surface area contributed by atoms with Gasteiger partial charge in [0.15, 0.2) is 0 Å². The molecule has 7 amide bonds. The Morgan fingerprint density at radius 3 is 2.17 bits per heavy atom. The van der Waals surface area contributed by atoms with Gasteiger partial charge in [-0.15, -0.1) is 0 Å². The van der Waals surface area contributed by atoms with Gasteiger partial charge in [0.1, 0.15) is 24.1 Å². The van der Waals surface area contributed by atoms with E-state index in [-0.39, 0.29) is 67.9 Å². The molecule has 1 aliphatic rings. The minimum atomic E-state index is -1.09. The highest BCUT2D eigenvalue weighted by Gasteiger charge is 2.25. The number of primary amides is 1. The zero-order valence-corrected chi connectivity index (χ0v) is 29.2. The molecular formula is C35H41N7O11. The first-order valence-electron chi connectivity index (χ1n) is 16.6. The molecule has 2 aromatic carbocycles. The molecule has 0 saturated heterocycles. The minimum Gasteiger partial charge on any atom is -0.429 e. The van der Waals surface area contributed by atoms with Crippen LogP contribution in [0.15, 0.2) is 72.0 Å².